The second-order valence-corrected chi connectivity index (χ2v) is 4.20. The van der Waals surface area contributed by atoms with Crippen LogP contribution in [0.25, 0.3) is 0 Å². The molecule has 3 N–H and O–H groups in total. The highest BCUT2D eigenvalue weighted by Gasteiger charge is 2.26. The molecule has 0 radical (unpaired) electrons. The zero-order chi connectivity index (χ0) is 11.8. The van der Waals surface area contributed by atoms with Gasteiger partial charge in [0.25, 0.3) is 0 Å². The lowest BCUT2D eigenvalue weighted by atomic mass is 9.83. The summed E-state index contributed by atoms with van der Waals surface area (Å²) < 4.78 is 0. The van der Waals surface area contributed by atoms with Crippen LogP contribution in [0.5, 0.6) is 0 Å². The molecule has 0 saturated carbocycles. The molecule has 2 heterocycles. The summed E-state index contributed by atoms with van der Waals surface area (Å²) in [5, 5.41) is 15.3. The molecule has 0 spiro atoms. The monoisotopic (exact) mass is 219 g/mol. The van der Waals surface area contributed by atoms with Gasteiger partial charge in [-0.25, -0.2) is 4.79 Å². The molecule has 0 saturated heterocycles. The summed E-state index contributed by atoms with van der Waals surface area (Å²) in [6, 6.07) is 3.52. The lowest BCUT2D eigenvalue weighted by molar-refractivity contribution is 0.0690. The number of aromatic carboxylic acids is 1. The highest BCUT2D eigenvalue weighted by Crippen LogP contribution is 2.29. The largest absolute Gasteiger partial charge is 0.476 e. The Morgan fingerprint density at radius 1 is 1.50 bits per heavy atom. The van der Waals surface area contributed by atoms with Crippen molar-refractivity contribution < 1.29 is 9.90 Å². The van der Waals surface area contributed by atoms with Crippen LogP contribution in [0.15, 0.2) is 24.5 Å². The van der Waals surface area contributed by atoms with E-state index in [1.54, 1.807) is 6.07 Å². The Bertz CT molecular complexity index is 497. The van der Waals surface area contributed by atoms with Gasteiger partial charge in [0.05, 0.1) is 0 Å². The van der Waals surface area contributed by atoms with Crippen molar-refractivity contribution in [1.29, 1.82) is 0 Å². The molecule has 0 atom stereocenters. The van der Waals surface area contributed by atoms with Crippen LogP contribution in [0.4, 0.5) is 0 Å². The lowest BCUT2D eigenvalue weighted by Crippen LogP contribution is -2.18. The number of hydrogen-bond acceptors (Lipinski definition) is 2. The van der Waals surface area contributed by atoms with Gasteiger partial charge in [-0.15, -0.1) is 0 Å². The summed E-state index contributed by atoms with van der Waals surface area (Å²) in [6.45, 7) is 4.02. The number of nitrogens with zero attached hydrogens (tertiary/aromatic N) is 1. The number of hydrogen-bond donors (Lipinski definition) is 3. The summed E-state index contributed by atoms with van der Waals surface area (Å²) >= 11 is 0. The Kier molecular flexibility index (Phi) is 2.30. The van der Waals surface area contributed by atoms with Crippen LogP contribution >= 0.6 is 0 Å². The van der Waals surface area contributed by atoms with E-state index >= 15 is 0 Å². The first kappa shape index (κ1) is 10.5. The van der Waals surface area contributed by atoms with Crippen molar-refractivity contribution in [2.45, 2.75) is 19.3 Å². The number of aromatic nitrogens is 3. The molecule has 0 aliphatic rings. The first-order valence-corrected chi connectivity index (χ1v) is 4.94. The summed E-state index contributed by atoms with van der Waals surface area (Å²) in [4.78, 5) is 13.7. The van der Waals surface area contributed by atoms with Gasteiger partial charge in [0.2, 0.25) is 0 Å². The Labute approximate surface area is 92.5 Å². The lowest BCUT2D eigenvalue weighted by Gasteiger charge is -2.21. The van der Waals surface area contributed by atoms with Crippen LogP contribution < -0.4 is 0 Å². The SMILES string of the molecule is CC(C)(c1cc[nH]c1)c1cc(C(=O)O)n[nH]1. The maximum Gasteiger partial charge on any atom is 0.356 e. The topological polar surface area (TPSA) is 81.8 Å². The standard InChI is InChI=1S/C11H13N3O2/c1-11(2,7-3-4-12-6-7)9-5-8(10(15)16)13-14-9/h3-6,12H,1-2H3,(H,13,14)(H,15,16). The van der Waals surface area contributed by atoms with E-state index in [4.69, 9.17) is 5.11 Å². The van der Waals surface area contributed by atoms with E-state index in [9.17, 15) is 4.79 Å². The van der Waals surface area contributed by atoms with Crippen LogP contribution in [0.1, 0.15) is 35.6 Å². The first-order valence-electron chi connectivity index (χ1n) is 4.94. The number of aromatic amines is 2. The molecule has 0 bridgehead atoms. The van der Waals surface area contributed by atoms with Gasteiger partial charge in [-0.1, -0.05) is 13.8 Å². The highest BCUT2D eigenvalue weighted by atomic mass is 16.4. The summed E-state index contributed by atoms with van der Waals surface area (Å²) in [5.41, 5.74) is 1.61. The van der Waals surface area contributed by atoms with E-state index in [0.717, 1.165) is 11.3 Å². The van der Waals surface area contributed by atoms with E-state index in [0.29, 0.717) is 0 Å². The molecule has 5 nitrogen and oxygen atoms in total. The maximum atomic E-state index is 10.7. The molecule has 0 aliphatic heterocycles. The Hall–Kier alpha value is -2.04. The molecule has 16 heavy (non-hydrogen) atoms. The molecule has 2 aromatic heterocycles. The average molecular weight is 219 g/mol. The van der Waals surface area contributed by atoms with Crippen molar-refractivity contribution in [1.82, 2.24) is 15.2 Å². The van der Waals surface area contributed by atoms with Gasteiger partial charge in [-0.05, 0) is 17.7 Å². The molecule has 0 unspecified atom stereocenters. The fourth-order valence-electron chi connectivity index (χ4n) is 1.62. The predicted molar refractivity (Wildman–Crippen MR) is 58.5 cm³/mol. The average Bonchev–Trinajstić information content (AvgIpc) is 2.90. The fourth-order valence-corrected chi connectivity index (χ4v) is 1.62. The molecule has 0 aliphatic carbocycles. The molecular formula is C11H13N3O2. The number of H-pyrrole nitrogens is 2. The van der Waals surface area contributed by atoms with E-state index in [1.807, 2.05) is 32.3 Å². The fraction of sp³-hybridized carbons (Fsp3) is 0.273. The number of rotatable bonds is 3. The van der Waals surface area contributed by atoms with E-state index in [-0.39, 0.29) is 11.1 Å². The second-order valence-electron chi connectivity index (χ2n) is 4.20. The smallest absolute Gasteiger partial charge is 0.356 e. The summed E-state index contributed by atoms with van der Waals surface area (Å²) in [7, 11) is 0. The minimum atomic E-state index is -1.02. The highest BCUT2D eigenvalue weighted by molar-refractivity contribution is 5.85. The van der Waals surface area contributed by atoms with Gasteiger partial charge in [0.1, 0.15) is 0 Å². The van der Waals surface area contributed by atoms with Gasteiger partial charge in [0, 0.05) is 23.5 Å². The van der Waals surface area contributed by atoms with Gasteiger partial charge in [-0.3, -0.25) is 5.10 Å². The van der Waals surface area contributed by atoms with E-state index < -0.39 is 5.97 Å². The zero-order valence-electron chi connectivity index (χ0n) is 9.11. The minimum absolute atomic E-state index is 0.0404. The zero-order valence-corrected chi connectivity index (χ0v) is 9.11. The van der Waals surface area contributed by atoms with Gasteiger partial charge < -0.3 is 10.1 Å². The van der Waals surface area contributed by atoms with Gasteiger partial charge >= 0.3 is 5.97 Å². The molecular weight excluding hydrogens is 206 g/mol. The third-order valence-electron chi connectivity index (χ3n) is 2.79. The van der Waals surface area contributed by atoms with Crippen molar-refractivity contribution in [2.24, 2.45) is 0 Å². The minimum Gasteiger partial charge on any atom is -0.476 e. The number of carboxylic acids is 1. The second kappa shape index (κ2) is 3.52. The molecule has 2 rings (SSSR count). The van der Waals surface area contributed by atoms with Gasteiger partial charge in [-0.2, -0.15) is 5.10 Å². The van der Waals surface area contributed by atoms with Crippen LogP contribution in [0.2, 0.25) is 0 Å². The molecule has 0 aromatic carbocycles. The number of carbonyl (C=O) groups is 1. The van der Waals surface area contributed by atoms with Crippen LogP contribution in [0.3, 0.4) is 0 Å². The molecule has 5 heteroatoms. The van der Waals surface area contributed by atoms with Crippen molar-refractivity contribution in [2.75, 3.05) is 0 Å². The molecule has 0 amide bonds. The third-order valence-corrected chi connectivity index (χ3v) is 2.79. The quantitative estimate of drug-likeness (QED) is 0.735. The van der Waals surface area contributed by atoms with Crippen molar-refractivity contribution in [3.8, 4) is 0 Å². The predicted octanol–water partition coefficient (Wildman–Crippen LogP) is 1.76. The molecule has 0 fully saturated rings. The van der Waals surface area contributed by atoms with E-state index in [2.05, 4.69) is 15.2 Å². The Morgan fingerprint density at radius 2 is 2.25 bits per heavy atom. The number of carboxylic acid groups (broad SMARTS) is 1. The van der Waals surface area contributed by atoms with E-state index in [1.165, 1.54) is 0 Å². The third kappa shape index (κ3) is 1.60. The first-order chi connectivity index (χ1) is 7.51. The Balaban J connectivity index is 2.39. The maximum absolute atomic E-state index is 10.7. The number of nitrogens with one attached hydrogen (secondary N) is 2. The summed E-state index contributed by atoms with van der Waals surface area (Å²) in [6.07, 6.45) is 3.73. The molecule has 84 valence electrons. The molecule has 2 aromatic rings. The van der Waals surface area contributed by atoms with Crippen molar-refractivity contribution >= 4 is 5.97 Å². The summed E-state index contributed by atoms with van der Waals surface area (Å²) in [5.74, 6) is -1.02. The Morgan fingerprint density at radius 3 is 2.75 bits per heavy atom. The van der Waals surface area contributed by atoms with Crippen LogP contribution in [-0.4, -0.2) is 26.3 Å². The van der Waals surface area contributed by atoms with Gasteiger partial charge in [0.15, 0.2) is 5.69 Å². The van der Waals surface area contributed by atoms with Crippen LogP contribution in [-0.2, 0) is 5.41 Å². The normalized spacial score (nSPS) is 11.6. The van der Waals surface area contributed by atoms with Crippen molar-refractivity contribution in [3.05, 3.63) is 41.5 Å². The van der Waals surface area contributed by atoms with Crippen molar-refractivity contribution in [3.63, 3.8) is 0 Å². The van der Waals surface area contributed by atoms with Crippen LogP contribution in [0, 0.1) is 0 Å².